The Kier molecular flexibility index (Phi) is 7.21. The van der Waals surface area contributed by atoms with Gasteiger partial charge in [0.05, 0.1) is 29.3 Å². The second-order valence-electron chi connectivity index (χ2n) is 9.21. The van der Waals surface area contributed by atoms with Gasteiger partial charge in [-0.1, -0.05) is 11.6 Å². The quantitative estimate of drug-likeness (QED) is 0.510. The number of hydrogen-bond acceptors (Lipinski definition) is 7. The van der Waals surface area contributed by atoms with Gasteiger partial charge in [-0.3, -0.25) is 4.79 Å². The minimum Gasteiger partial charge on any atom is -0.481 e. The van der Waals surface area contributed by atoms with Gasteiger partial charge in [-0.25, -0.2) is 19.9 Å². The Morgan fingerprint density at radius 3 is 2.71 bits per heavy atom. The molecule has 0 saturated heterocycles. The molecule has 35 heavy (non-hydrogen) atoms. The number of hydrogen-bond donors (Lipinski definition) is 1. The van der Waals surface area contributed by atoms with Crippen LogP contribution in [0.25, 0.3) is 11.4 Å². The molecular formula is C26H31ClN6O2. The molecular weight excluding hydrogens is 464 g/mol. The van der Waals surface area contributed by atoms with Crippen LogP contribution < -0.4 is 10.1 Å². The second kappa shape index (κ2) is 10.2. The van der Waals surface area contributed by atoms with Gasteiger partial charge in [0, 0.05) is 43.3 Å². The van der Waals surface area contributed by atoms with Crippen LogP contribution in [0.2, 0.25) is 5.02 Å². The van der Waals surface area contributed by atoms with E-state index in [0.717, 1.165) is 35.5 Å². The number of carbonyl (C=O) groups excluding carboxylic acids is 1. The first-order valence-electron chi connectivity index (χ1n) is 11.8. The molecule has 184 valence electrons. The zero-order valence-electron chi connectivity index (χ0n) is 20.8. The first kappa shape index (κ1) is 24.9. The smallest absolute Gasteiger partial charge is 0.229 e. The SMILES string of the molecule is CCN(C[C@@]1(C)CCc2cc(-c3ncccn3)c(C)nc2N1)C(=O)[C@@H](C)c1cc(OC)ncc1Cl. The average molecular weight is 495 g/mol. The summed E-state index contributed by atoms with van der Waals surface area (Å²) in [5, 5.41) is 4.07. The molecule has 3 aromatic rings. The van der Waals surface area contributed by atoms with E-state index in [9.17, 15) is 4.79 Å². The van der Waals surface area contributed by atoms with Crippen molar-refractivity contribution in [2.45, 2.75) is 52.0 Å². The van der Waals surface area contributed by atoms with E-state index < -0.39 is 5.92 Å². The summed E-state index contributed by atoms with van der Waals surface area (Å²) >= 11 is 6.37. The maximum absolute atomic E-state index is 13.5. The maximum Gasteiger partial charge on any atom is 0.229 e. The fourth-order valence-corrected chi connectivity index (χ4v) is 4.81. The van der Waals surface area contributed by atoms with Gasteiger partial charge < -0.3 is 15.0 Å². The molecule has 2 atom stereocenters. The summed E-state index contributed by atoms with van der Waals surface area (Å²) in [4.78, 5) is 33.1. The monoisotopic (exact) mass is 494 g/mol. The molecule has 0 bridgehead atoms. The van der Waals surface area contributed by atoms with Gasteiger partial charge in [-0.2, -0.15) is 0 Å². The van der Waals surface area contributed by atoms with E-state index >= 15 is 0 Å². The highest BCUT2D eigenvalue weighted by Gasteiger charge is 2.35. The Labute approximate surface area is 211 Å². The number of aryl methyl sites for hydroxylation is 2. The van der Waals surface area contributed by atoms with Crippen molar-refractivity contribution in [3.8, 4) is 17.3 Å². The fourth-order valence-electron chi connectivity index (χ4n) is 4.54. The number of likely N-dealkylation sites (N-methyl/N-ethyl adjacent to an activating group) is 1. The molecule has 4 heterocycles. The van der Waals surface area contributed by atoms with Gasteiger partial charge in [0.25, 0.3) is 0 Å². The highest BCUT2D eigenvalue weighted by molar-refractivity contribution is 6.31. The van der Waals surface area contributed by atoms with Crippen LogP contribution >= 0.6 is 11.6 Å². The molecule has 4 rings (SSSR count). The molecule has 3 aromatic heterocycles. The molecule has 1 aliphatic heterocycles. The van der Waals surface area contributed by atoms with Gasteiger partial charge in [-0.15, -0.1) is 0 Å². The van der Waals surface area contributed by atoms with Crippen molar-refractivity contribution in [1.29, 1.82) is 0 Å². The number of halogens is 1. The van der Waals surface area contributed by atoms with Gasteiger partial charge in [0.15, 0.2) is 5.82 Å². The van der Waals surface area contributed by atoms with E-state index in [1.54, 1.807) is 31.6 Å². The molecule has 8 nitrogen and oxygen atoms in total. The number of nitrogens with one attached hydrogen (secondary N) is 1. The van der Waals surface area contributed by atoms with E-state index in [1.165, 1.54) is 6.20 Å². The van der Waals surface area contributed by atoms with E-state index in [2.05, 4.69) is 33.3 Å². The third-order valence-electron chi connectivity index (χ3n) is 6.60. The highest BCUT2D eigenvalue weighted by atomic mass is 35.5. The van der Waals surface area contributed by atoms with Crippen molar-refractivity contribution in [2.75, 3.05) is 25.5 Å². The van der Waals surface area contributed by atoms with E-state index in [4.69, 9.17) is 21.3 Å². The predicted octanol–water partition coefficient (Wildman–Crippen LogP) is 4.67. The number of aromatic nitrogens is 4. The van der Waals surface area contributed by atoms with Gasteiger partial charge in [0.2, 0.25) is 11.8 Å². The summed E-state index contributed by atoms with van der Waals surface area (Å²) < 4.78 is 5.22. The van der Waals surface area contributed by atoms with Crippen molar-refractivity contribution in [1.82, 2.24) is 24.8 Å². The lowest BCUT2D eigenvalue weighted by Crippen LogP contribution is -2.51. The standard InChI is InChI=1S/C26H31ClN6O2/c1-6-33(25(34)16(2)19-13-22(35-5)30-14-21(19)27)15-26(4)9-8-18-12-20(17(3)31-23(18)32-26)24-28-10-7-11-29-24/h7,10-14,16H,6,8-9,15H2,1-5H3,(H,31,32)/t16-,26+/m0/s1. The molecule has 1 amide bonds. The molecule has 9 heteroatoms. The van der Waals surface area contributed by atoms with E-state index in [-0.39, 0.29) is 11.4 Å². The van der Waals surface area contributed by atoms with Crippen LogP contribution in [-0.2, 0) is 11.2 Å². The van der Waals surface area contributed by atoms with Crippen molar-refractivity contribution in [2.24, 2.45) is 0 Å². The van der Waals surface area contributed by atoms with Crippen LogP contribution in [0.4, 0.5) is 5.82 Å². The molecule has 0 aliphatic carbocycles. The molecule has 0 saturated carbocycles. The number of amides is 1. The molecule has 0 fully saturated rings. The lowest BCUT2D eigenvalue weighted by atomic mass is 9.87. The number of ether oxygens (including phenoxy) is 1. The second-order valence-corrected chi connectivity index (χ2v) is 9.62. The third kappa shape index (κ3) is 5.22. The van der Waals surface area contributed by atoms with Crippen molar-refractivity contribution < 1.29 is 9.53 Å². The normalized spacial score (nSPS) is 17.8. The zero-order valence-corrected chi connectivity index (χ0v) is 21.6. The zero-order chi connectivity index (χ0) is 25.2. The highest BCUT2D eigenvalue weighted by Crippen LogP contribution is 2.34. The Bertz CT molecular complexity index is 1220. The summed E-state index contributed by atoms with van der Waals surface area (Å²) in [7, 11) is 1.55. The van der Waals surface area contributed by atoms with Crippen LogP contribution in [0.5, 0.6) is 5.88 Å². The van der Waals surface area contributed by atoms with Crippen LogP contribution in [0.15, 0.2) is 36.8 Å². The Hall–Kier alpha value is -3.26. The summed E-state index contributed by atoms with van der Waals surface area (Å²) in [6, 6.07) is 5.66. The fraction of sp³-hybridized carbons (Fsp3) is 0.423. The Morgan fingerprint density at radius 2 is 2.03 bits per heavy atom. The summed E-state index contributed by atoms with van der Waals surface area (Å²) in [5.41, 5.74) is 3.34. The van der Waals surface area contributed by atoms with Crippen LogP contribution in [0.3, 0.4) is 0 Å². The van der Waals surface area contributed by atoms with Gasteiger partial charge in [0.1, 0.15) is 5.82 Å². The summed E-state index contributed by atoms with van der Waals surface area (Å²) in [6.45, 7) is 9.11. The van der Waals surface area contributed by atoms with Gasteiger partial charge >= 0.3 is 0 Å². The number of rotatable bonds is 7. The number of pyridine rings is 2. The van der Waals surface area contributed by atoms with E-state index in [1.807, 2.05) is 25.7 Å². The minimum atomic E-state index is -0.423. The molecule has 0 spiro atoms. The van der Waals surface area contributed by atoms with Crippen LogP contribution in [0, 0.1) is 6.92 Å². The van der Waals surface area contributed by atoms with E-state index in [0.29, 0.717) is 35.4 Å². The Morgan fingerprint density at radius 1 is 1.29 bits per heavy atom. The lowest BCUT2D eigenvalue weighted by molar-refractivity contribution is -0.133. The number of methoxy groups -OCH3 is 1. The van der Waals surface area contributed by atoms with Crippen molar-refractivity contribution in [3.63, 3.8) is 0 Å². The largest absolute Gasteiger partial charge is 0.481 e. The average Bonchev–Trinajstić information content (AvgIpc) is 2.87. The summed E-state index contributed by atoms with van der Waals surface area (Å²) in [5.74, 6) is 1.56. The first-order chi connectivity index (χ1) is 16.7. The first-order valence-corrected chi connectivity index (χ1v) is 12.2. The molecule has 0 unspecified atom stereocenters. The lowest BCUT2D eigenvalue weighted by Gasteiger charge is -2.40. The van der Waals surface area contributed by atoms with Crippen LogP contribution in [0.1, 0.15) is 49.9 Å². The van der Waals surface area contributed by atoms with Gasteiger partial charge in [-0.05, 0) is 63.8 Å². The van der Waals surface area contributed by atoms with Crippen LogP contribution in [-0.4, -0.2) is 56.5 Å². The third-order valence-corrected chi connectivity index (χ3v) is 6.92. The number of carbonyl (C=O) groups is 1. The minimum absolute atomic E-state index is 0.0113. The molecule has 0 aromatic carbocycles. The molecule has 1 N–H and O–H groups in total. The topological polar surface area (TPSA) is 93.1 Å². The number of nitrogens with zero attached hydrogens (tertiary/aromatic N) is 5. The summed E-state index contributed by atoms with van der Waals surface area (Å²) in [6.07, 6.45) is 6.72. The number of fused-ring (bicyclic) bond motifs is 1. The predicted molar refractivity (Wildman–Crippen MR) is 137 cm³/mol. The van der Waals surface area contributed by atoms with Crippen molar-refractivity contribution in [3.05, 3.63) is 58.6 Å². The molecule has 1 aliphatic rings. The van der Waals surface area contributed by atoms with Crippen molar-refractivity contribution >= 4 is 23.3 Å². The number of anilines is 1. The molecule has 0 radical (unpaired) electrons. The maximum atomic E-state index is 13.5. The Balaban J connectivity index is 1.53.